The van der Waals surface area contributed by atoms with E-state index in [0.717, 1.165) is 89.6 Å². The molecular weight excluding hydrogens is 1280 g/mol. The predicted octanol–water partition coefficient (Wildman–Crippen LogP) is 15.0. The van der Waals surface area contributed by atoms with Crippen LogP contribution in [0.2, 0.25) is 0 Å². The zero-order chi connectivity index (χ0) is 93.6. The van der Waals surface area contributed by atoms with Crippen LogP contribution >= 0.6 is 23.5 Å². The minimum atomic E-state index is -5.13. The normalized spacial score (nSPS) is 20.2. The number of hydrogen-bond donors (Lipinski definition) is 0. The summed E-state index contributed by atoms with van der Waals surface area (Å²) in [7, 11) is 0. The lowest BCUT2D eigenvalue weighted by Crippen LogP contribution is -2.40. The lowest BCUT2D eigenvalue weighted by atomic mass is 9.98. The third-order valence-corrected chi connectivity index (χ3v) is 16.9. The number of thioether (sulfide) groups is 2. The van der Waals surface area contributed by atoms with Crippen molar-refractivity contribution in [1.29, 1.82) is 0 Å². The summed E-state index contributed by atoms with van der Waals surface area (Å²) in [5.41, 5.74) is -7.09. The van der Waals surface area contributed by atoms with Crippen LogP contribution in [0.1, 0.15) is 141 Å². The van der Waals surface area contributed by atoms with Gasteiger partial charge >= 0.3 is 12.4 Å². The third-order valence-electron chi connectivity index (χ3n) is 14.9. The molecule has 0 bridgehead atoms. The van der Waals surface area contributed by atoms with Crippen LogP contribution in [0.5, 0.6) is 0 Å². The summed E-state index contributed by atoms with van der Waals surface area (Å²) >= 11 is 1.31. The Labute approximate surface area is 603 Å². The summed E-state index contributed by atoms with van der Waals surface area (Å²) in [6.45, 7) is -7.22. The fourth-order valence-electron chi connectivity index (χ4n) is 10.0. The van der Waals surface area contributed by atoms with E-state index in [4.69, 9.17) is 38.4 Å². The van der Waals surface area contributed by atoms with Crippen LogP contribution in [0.15, 0.2) is 159 Å². The van der Waals surface area contributed by atoms with Crippen molar-refractivity contribution in [2.24, 2.45) is 5.89 Å². The molecule has 96 heavy (non-hydrogen) atoms. The highest BCUT2D eigenvalue weighted by Crippen LogP contribution is 2.36. The van der Waals surface area contributed by atoms with Crippen molar-refractivity contribution in [3.05, 3.63) is 233 Å². The largest absolute Gasteiger partial charge is 0.416 e. The monoisotopic (exact) mass is 1390 g/mol. The van der Waals surface area contributed by atoms with E-state index in [1.165, 1.54) is 16.7 Å². The summed E-state index contributed by atoms with van der Waals surface area (Å²) in [6, 6.07) is -2.86. The molecule has 0 spiro atoms. The Kier molecular flexibility index (Phi) is 14.9. The van der Waals surface area contributed by atoms with E-state index in [1.807, 2.05) is 0 Å². The van der Waals surface area contributed by atoms with Gasteiger partial charge in [0.05, 0.1) is 31.7 Å². The van der Waals surface area contributed by atoms with Gasteiger partial charge in [-0.15, -0.1) is 0 Å². The van der Waals surface area contributed by atoms with Crippen molar-refractivity contribution in [3.8, 4) is 22.3 Å². The Morgan fingerprint density at radius 1 is 0.573 bits per heavy atom. The first kappa shape index (κ1) is 43.4. The van der Waals surface area contributed by atoms with Crippen LogP contribution in [0.4, 0.5) is 35.1 Å². The standard InChI is InChI=1S/2C37H40F4N4O2S/c1-4-43(5-2)18-19-44(22-26-6-10-28(11-7-26)29-12-14-30(15-13-29)37(39,40)41)34(46)23-45-33-21-25(3)20-32(33)35(47)42-36(45)48-24-27-8-16-31(38)17-9-27;1-4-43(5-2)19-20-44(22-26-9-13-28(14-10-26)29-15-18-32(25(3)21-29)37(39,40)41)34(46)23-45-33-8-6-7-31(33)35(47)42-36(45)48-24-27-11-16-30(38)17-12-27/h6-17,25H,4-5,18-24H2,1-3H3;9-18,21H,4-8,19-20,22-24H2,1-3H3/i4D2,5D2,8D,9D,16D,17D,20D2,21D2,25D;4D2,5D2,9D,10D,11D,12D,13D,14D,15D,16D,17D,18D,21D. The molecule has 22 heteroatoms. The maximum Gasteiger partial charge on any atom is 0.416 e. The summed E-state index contributed by atoms with van der Waals surface area (Å²) in [5.74, 6) is -8.03. The molecule has 2 aromatic heterocycles. The van der Waals surface area contributed by atoms with E-state index in [9.17, 15) is 54.3 Å². The van der Waals surface area contributed by atoms with Crippen LogP contribution in [0.25, 0.3) is 22.3 Å². The van der Waals surface area contributed by atoms with Gasteiger partial charge in [-0.05, 0) is 163 Å². The molecule has 2 amide bonds. The van der Waals surface area contributed by atoms with Crippen LogP contribution < -0.4 is 11.1 Å². The SMILES string of the molecule is [2H]c1c([2H])c(CSc2nc(=O)c3c(n2CC(=O)N(CCN(C([2H])([2H])C)C([2H])([2H])C)Cc2c([2H])c([2H])c(-c4c([2H])c([2H])c(C(F)(F)F)c(C)c4[2H])c([2H])c2[2H])CCC3)c([2H])c([2H])c1F.[2H]c1c([2H])c(CSc2nc(=O)c3c(n2CC(=O)N(CCN(C([2H])([2H])C)C([2H])([2H])C)Cc2ccc(-c4ccc(C(F)(F)F)cc4)cc2)C([2H])([2H])C([2H])(C)C3([2H])[2H])c([2H])c([2H])c1F. The third kappa shape index (κ3) is 19.0. The number of aromatic nitrogens is 4. The Morgan fingerprint density at radius 2 is 1.03 bits per heavy atom. The van der Waals surface area contributed by atoms with Crippen LogP contribution in [-0.2, 0) is 85.2 Å². The molecule has 0 N–H and O–H groups in total. The van der Waals surface area contributed by atoms with Gasteiger partial charge in [-0.3, -0.25) is 19.2 Å². The van der Waals surface area contributed by atoms with Gasteiger partial charge in [-0.1, -0.05) is 155 Å². The van der Waals surface area contributed by atoms with E-state index < -0.39 is 277 Å². The first-order chi connectivity index (χ1) is 56.8. The minimum absolute atomic E-state index is 0.113. The average molecular weight is 1390 g/mol. The van der Waals surface area contributed by atoms with Crippen LogP contribution in [0.3, 0.4) is 0 Å². The van der Waals surface area contributed by atoms with Gasteiger partial charge in [-0.25, -0.2) is 8.78 Å². The highest BCUT2D eigenvalue weighted by molar-refractivity contribution is 7.98. The van der Waals surface area contributed by atoms with Gasteiger partial charge in [0, 0.05) is 91.1 Å². The maximum atomic E-state index is 14.6. The molecule has 2 aliphatic rings. The molecule has 1 unspecified atom stereocenters. The molecule has 12 nitrogen and oxygen atoms in total. The number of carbonyl (C=O) groups is 2. The number of rotatable bonds is 26. The summed E-state index contributed by atoms with van der Waals surface area (Å²) in [5, 5.41) is -0.564. The Balaban J connectivity index is 0.000000281. The summed E-state index contributed by atoms with van der Waals surface area (Å²) in [4.78, 5) is 67.8. The fraction of sp³-hybridized carbons (Fsp3) is 0.378. The number of hydrogen-bond acceptors (Lipinski definition) is 10. The van der Waals surface area contributed by atoms with Crippen molar-refractivity contribution in [2.75, 3.05) is 52.2 Å². The molecule has 0 aliphatic heterocycles. The quantitative estimate of drug-likeness (QED) is 0.0295. The average Bonchev–Trinajstić information content (AvgIpc) is 1.52. The van der Waals surface area contributed by atoms with Gasteiger partial charge in [0.1, 0.15) is 24.7 Å². The summed E-state index contributed by atoms with van der Waals surface area (Å²) < 4.78 is 347. The topological polar surface area (TPSA) is 117 Å². The van der Waals surface area contributed by atoms with Crippen molar-refractivity contribution < 1.29 is 83.1 Å². The zero-order valence-corrected chi connectivity index (χ0v) is 54.0. The number of likely N-dealkylation sites (N-methyl/N-ethyl adjacent to an activating group) is 2. The number of alkyl halides is 6. The van der Waals surface area contributed by atoms with Gasteiger partial charge in [0.15, 0.2) is 10.3 Å². The Morgan fingerprint density at radius 3 is 1.52 bits per heavy atom. The Bertz CT molecular complexity index is 5510. The van der Waals surface area contributed by atoms with Gasteiger partial charge < -0.3 is 28.7 Å². The maximum absolute atomic E-state index is 14.6. The van der Waals surface area contributed by atoms with Crippen molar-refractivity contribution in [3.63, 3.8) is 0 Å². The van der Waals surface area contributed by atoms with Gasteiger partial charge in [0.2, 0.25) is 11.8 Å². The molecule has 2 aliphatic carbocycles. The Hall–Kier alpha value is -7.92. The van der Waals surface area contributed by atoms with Gasteiger partial charge in [0.25, 0.3) is 11.1 Å². The molecule has 0 saturated carbocycles. The fourth-order valence-corrected chi connectivity index (χ4v) is 11.8. The van der Waals surface area contributed by atoms with Crippen LogP contribution in [0, 0.1) is 24.5 Å². The van der Waals surface area contributed by atoms with E-state index in [2.05, 4.69) is 9.97 Å². The first-order valence-corrected chi connectivity index (χ1v) is 31.4. The molecule has 10 rings (SSSR count). The van der Waals surface area contributed by atoms with E-state index >= 15 is 0 Å². The second kappa shape index (κ2) is 32.9. The molecule has 508 valence electrons. The highest BCUT2D eigenvalue weighted by atomic mass is 32.2. The molecule has 0 saturated heterocycles. The smallest absolute Gasteiger partial charge is 0.336 e. The molecule has 2 heterocycles. The number of halogens is 8. The molecule has 8 aromatic rings. The van der Waals surface area contributed by atoms with E-state index in [0.29, 0.717) is 47.0 Å². The number of fused-ring (bicyclic) bond motifs is 2. The van der Waals surface area contributed by atoms with Crippen molar-refractivity contribution in [2.45, 2.75) is 134 Å². The predicted molar refractivity (Wildman–Crippen MR) is 362 cm³/mol. The van der Waals surface area contributed by atoms with Crippen molar-refractivity contribution >= 4 is 35.3 Å². The molecule has 6 aromatic carbocycles. The van der Waals surface area contributed by atoms with Crippen molar-refractivity contribution in [1.82, 2.24) is 38.7 Å². The highest BCUT2D eigenvalue weighted by Gasteiger charge is 2.34. The number of benzene rings is 6. The molecule has 0 fully saturated rings. The zero-order valence-electron chi connectivity index (χ0n) is 80.4. The van der Waals surface area contributed by atoms with E-state index in [-0.39, 0.29) is 47.1 Å². The van der Waals surface area contributed by atoms with Crippen LogP contribution in [-0.4, -0.2) is 103 Å². The first-order valence-electron chi connectivity index (χ1n) is 43.4. The van der Waals surface area contributed by atoms with Gasteiger partial charge in [-0.2, -0.15) is 36.3 Å². The minimum Gasteiger partial charge on any atom is -0.336 e. The molecular formula is C74H80F8N8O4S2. The second-order valence-electron chi connectivity index (χ2n) is 21.3. The second-order valence-corrected chi connectivity index (χ2v) is 23.2. The molecule has 1 atom stereocenters. The summed E-state index contributed by atoms with van der Waals surface area (Å²) in [6.07, 6.45) is -14.6. The number of nitrogens with zero attached hydrogens (tertiary/aromatic N) is 8. The number of amides is 2. The lowest BCUT2D eigenvalue weighted by Gasteiger charge is -2.28. The molecule has 0 radical (unpaired) electrons. The lowest BCUT2D eigenvalue weighted by molar-refractivity contribution is -0.138. The number of carbonyl (C=O) groups excluding carboxylic acids is 2. The van der Waals surface area contributed by atoms with E-state index in [1.54, 1.807) is 24.3 Å².